The summed E-state index contributed by atoms with van der Waals surface area (Å²) in [5.74, 6) is 0. The van der Waals surface area contributed by atoms with Gasteiger partial charge in [0.2, 0.25) is 0 Å². The summed E-state index contributed by atoms with van der Waals surface area (Å²) >= 11 is 11.1. The van der Waals surface area contributed by atoms with Crippen LogP contribution in [0.3, 0.4) is 0 Å². The molecule has 0 aromatic heterocycles. The molecule has 0 bridgehead atoms. The second kappa shape index (κ2) is 70.4. The predicted octanol–water partition coefficient (Wildman–Crippen LogP) is 0.0406. The smallest absolute Gasteiger partial charge is 0.696 e. The third-order valence-electron chi connectivity index (χ3n) is 0. The van der Waals surface area contributed by atoms with Gasteiger partial charge in [-0.3, -0.25) is 0 Å². The summed E-state index contributed by atoms with van der Waals surface area (Å²) in [5, 5.41) is 25.4. The average molecular weight is 225 g/mol. The van der Waals surface area contributed by atoms with Crippen LogP contribution in [0.2, 0.25) is 0 Å². The maximum atomic E-state index is 7.13. The van der Waals surface area contributed by atoms with Gasteiger partial charge in [-0.2, -0.15) is 0 Å². The predicted molar refractivity (Wildman–Crippen MR) is 38.9 cm³/mol. The molecule has 0 spiro atoms. The van der Waals surface area contributed by atoms with E-state index in [4.69, 9.17) is 15.8 Å². The van der Waals surface area contributed by atoms with Gasteiger partial charge in [0.15, 0.2) is 0 Å². The average Bonchev–Trinajstić information content (AvgIpc) is 1.70. The van der Waals surface area contributed by atoms with Crippen LogP contribution >= 0.6 is 0 Å². The van der Waals surface area contributed by atoms with E-state index in [9.17, 15) is 0 Å². The third kappa shape index (κ3) is 4260. The van der Waals surface area contributed by atoms with Gasteiger partial charge in [0.05, 0.1) is 0 Å². The van der Waals surface area contributed by atoms with E-state index in [0.717, 1.165) is 0 Å². The van der Waals surface area contributed by atoms with E-state index < -0.39 is 0 Å². The normalized spacial score (nSPS) is 2.10. The van der Waals surface area contributed by atoms with Crippen LogP contribution in [0.15, 0.2) is 0 Å². The first-order chi connectivity index (χ1) is 4.24. The van der Waals surface area contributed by atoms with Crippen molar-refractivity contribution in [3.63, 3.8) is 0 Å². The molecule has 0 aliphatic heterocycles. The van der Waals surface area contributed by atoms with Gasteiger partial charge in [0, 0.05) is 0 Å². The Balaban J connectivity index is -0.0000000257. The van der Waals surface area contributed by atoms with Crippen molar-refractivity contribution in [2.24, 2.45) is 0 Å². The first-order valence-electron chi connectivity index (χ1n) is 1.28. The molecule has 7 heteroatoms. The molecule has 0 rings (SSSR count). The number of nitrogens with zero attached hydrogens (tertiary/aromatic N) is 3. The molecule has 0 heterocycles. The minimum absolute atomic E-state index is 0. The van der Waals surface area contributed by atoms with Crippen LogP contribution in [0.25, 0.3) is 0 Å². The van der Waals surface area contributed by atoms with E-state index in [1.807, 2.05) is 0 Å². The second-order valence-corrected chi connectivity index (χ2v) is 0.822. The zero-order valence-electron chi connectivity index (χ0n) is 4.51. The second-order valence-electron chi connectivity index (χ2n) is 0.274. The number of hydrogen-bond donors (Lipinski definition) is 0. The van der Waals surface area contributed by atoms with E-state index >= 15 is 0 Å². The van der Waals surface area contributed by atoms with Crippen LogP contribution in [-0.2, 0) is 56.4 Å². The minimum Gasteiger partial charge on any atom is -0.696 e. The van der Waals surface area contributed by atoms with E-state index in [-0.39, 0.29) is 18.6 Å². The molecule has 0 unspecified atom stereocenters. The number of nitriles is 3. The van der Waals surface area contributed by atoms with Gasteiger partial charge >= 0.3 is 18.6 Å². The topological polar surface area (TPSA) is 71.4 Å². The molecule has 0 atom stereocenters. The quantitative estimate of drug-likeness (QED) is 0.428. The molecule has 0 aliphatic rings. The molecule has 0 radical (unpaired) electrons. The van der Waals surface area contributed by atoms with E-state index in [0.29, 0.717) is 0 Å². The molecule has 50 valence electrons. The zero-order valence-corrected chi connectivity index (χ0v) is 8.36. The summed E-state index contributed by atoms with van der Waals surface area (Å²) in [6, 6.07) is 0. The molecule has 0 fully saturated rings. The Morgan fingerprint density at radius 2 is 0.700 bits per heavy atom. The van der Waals surface area contributed by atoms with Crippen LogP contribution in [0.1, 0.15) is 0 Å². The van der Waals surface area contributed by atoms with Crippen molar-refractivity contribution in [1.82, 2.24) is 0 Å². The fourth-order valence-electron chi connectivity index (χ4n) is 0. The maximum Gasteiger partial charge on any atom is 3.00 e. The van der Waals surface area contributed by atoms with E-state index in [1.165, 1.54) is 16.2 Å². The van der Waals surface area contributed by atoms with Gasteiger partial charge in [-0.05, 0) is 0 Å². The van der Waals surface area contributed by atoms with Gasteiger partial charge in [0.25, 0.3) is 0 Å². The van der Waals surface area contributed by atoms with Crippen molar-refractivity contribution >= 4 is 37.9 Å². The van der Waals surface area contributed by atoms with Crippen LogP contribution in [0.5, 0.6) is 0 Å². The number of hydrogen-bond acceptors (Lipinski definition) is 6. The Hall–Kier alpha value is -0.286. The maximum absolute atomic E-state index is 7.13. The molecule has 0 aliphatic carbocycles. The Morgan fingerprint density at radius 3 is 0.700 bits per heavy atom. The molecule has 3 nitrogen and oxygen atoms in total. The van der Waals surface area contributed by atoms with E-state index in [1.54, 1.807) is 0 Å². The fraction of sp³-hybridized carbons (Fsp3) is 0. The molecule has 0 aromatic carbocycles. The number of rotatable bonds is 0. The summed E-state index contributed by atoms with van der Waals surface area (Å²) in [4.78, 5) is 0. The van der Waals surface area contributed by atoms with Gasteiger partial charge in [0.1, 0.15) is 0 Å². The van der Waals surface area contributed by atoms with Crippen molar-refractivity contribution in [3.05, 3.63) is 0 Å². The largest absolute Gasteiger partial charge is 3.00 e. The molecule has 0 aromatic rings. The van der Waals surface area contributed by atoms with Crippen molar-refractivity contribution in [2.75, 3.05) is 0 Å². The van der Waals surface area contributed by atoms with Crippen LogP contribution < -0.4 is 0 Å². The SMILES string of the molecule is N#C[S-].N#C[S-].N#C[S-].[V+3]. The van der Waals surface area contributed by atoms with Gasteiger partial charge in [-0.25, -0.2) is 15.8 Å². The molecule has 0 saturated carbocycles. The van der Waals surface area contributed by atoms with Gasteiger partial charge < -0.3 is 37.9 Å². The van der Waals surface area contributed by atoms with Crippen LogP contribution in [-0.4, -0.2) is 0 Å². The number of thiocyanates is 3. The summed E-state index contributed by atoms with van der Waals surface area (Å²) in [7, 11) is 0. The van der Waals surface area contributed by atoms with Crippen molar-refractivity contribution in [3.8, 4) is 16.2 Å². The summed E-state index contributed by atoms with van der Waals surface area (Å²) < 4.78 is 0. The fourth-order valence-corrected chi connectivity index (χ4v) is 0. The van der Waals surface area contributed by atoms with Crippen molar-refractivity contribution in [1.29, 1.82) is 15.8 Å². The molecule has 0 saturated heterocycles. The van der Waals surface area contributed by atoms with E-state index in [2.05, 4.69) is 37.9 Å². The first-order valence-corrected chi connectivity index (χ1v) is 2.51. The zero-order chi connectivity index (χ0) is 8.12. The van der Waals surface area contributed by atoms with Gasteiger partial charge in [-0.15, -0.1) is 0 Å². The van der Waals surface area contributed by atoms with Gasteiger partial charge in [-0.1, -0.05) is 16.2 Å². The van der Waals surface area contributed by atoms with Crippen LogP contribution in [0, 0.1) is 32.0 Å². The molecular weight excluding hydrogens is 225 g/mol. The monoisotopic (exact) mass is 225 g/mol. The first kappa shape index (κ1) is 22.6. The van der Waals surface area contributed by atoms with Crippen molar-refractivity contribution < 1.29 is 18.6 Å². The Labute approximate surface area is 88.1 Å². The molecule has 0 amide bonds. The molecule has 0 N–H and O–H groups in total. The Kier molecular flexibility index (Phi) is 159. The molecule has 10 heavy (non-hydrogen) atoms. The Morgan fingerprint density at radius 1 is 0.700 bits per heavy atom. The Bertz CT molecular complexity index is 112. The van der Waals surface area contributed by atoms with Crippen LogP contribution in [0.4, 0.5) is 0 Å². The summed E-state index contributed by atoms with van der Waals surface area (Å²) in [6.45, 7) is 0. The summed E-state index contributed by atoms with van der Waals surface area (Å²) in [6.07, 6.45) is 0. The standard InChI is InChI=1S/3CHNS.V/c3*2-1-3;/h3*3H;/q;;;+3/p-3. The summed E-state index contributed by atoms with van der Waals surface area (Å²) in [5.41, 5.74) is 0. The molecular formula is C3N3S3V. The third-order valence-corrected chi connectivity index (χ3v) is 0. The van der Waals surface area contributed by atoms with Crippen molar-refractivity contribution in [2.45, 2.75) is 0 Å². The minimum atomic E-state index is 0.